The van der Waals surface area contributed by atoms with Crippen LogP contribution in [0.25, 0.3) is 0 Å². The number of hydrogen-bond donors (Lipinski definition) is 10. The van der Waals surface area contributed by atoms with Crippen molar-refractivity contribution in [2.75, 3.05) is 25.7 Å². The molecule has 0 aliphatic carbocycles. The number of carbonyl (C=O) groups excluding carboxylic acids is 4. The minimum Gasteiger partial charge on any atom is -0.480 e. The zero-order valence-corrected chi connectivity index (χ0v) is 29.8. The zero-order valence-electron chi connectivity index (χ0n) is 28.1. The van der Waals surface area contributed by atoms with Crippen LogP contribution in [0.2, 0.25) is 0 Å². The highest BCUT2D eigenvalue weighted by atomic mass is 33.1. The monoisotopic (exact) mass is 756 g/mol. The minimum atomic E-state index is -1.48. The van der Waals surface area contributed by atoms with E-state index in [1.54, 1.807) is 0 Å². The normalized spacial score (nSPS) is 15.9. The molecule has 0 aromatic rings. The van der Waals surface area contributed by atoms with Crippen molar-refractivity contribution in [2.24, 2.45) is 11.5 Å². The Hall–Kier alpha value is -3.70. The zero-order chi connectivity index (χ0) is 38.6. The number of amides is 4. The Morgan fingerprint density at radius 3 is 1.16 bits per heavy atom. The number of carbonyl (C=O) groups is 8. The van der Waals surface area contributed by atoms with Crippen LogP contribution in [0.5, 0.6) is 0 Å². The largest absolute Gasteiger partial charge is 0.480 e. The van der Waals surface area contributed by atoms with Crippen LogP contribution < -0.4 is 32.7 Å². The summed E-state index contributed by atoms with van der Waals surface area (Å²) in [4.78, 5) is 96.9. The molecule has 0 aliphatic rings. The molecule has 0 fully saturated rings. The van der Waals surface area contributed by atoms with Gasteiger partial charge in [0.05, 0.1) is 12.2 Å². The van der Waals surface area contributed by atoms with E-state index in [0.29, 0.717) is 0 Å². The lowest BCUT2D eigenvalue weighted by molar-refractivity contribution is -0.146. The Morgan fingerprint density at radius 1 is 0.580 bits per heavy atom. The molecule has 0 saturated heterocycles. The highest BCUT2D eigenvalue weighted by Crippen LogP contribution is 2.24. The molecule has 4 amide bonds. The molecule has 12 N–H and O–H groups in total. The molecule has 0 aromatic heterocycles. The van der Waals surface area contributed by atoms with Gasteiger partial charge >= 0.3 is 23.9 Å². The summed E-state index contributed by atoms with van der Waals surface area (Å²) in [7, 11) is 4.40. The van der Waals surface area contributed by atoms with Gasteiger partial charge in [-0.15, -0.1) is 0 Å². The first-order valence-electron chi connectivity index (χ1n) is 15.3. The van der Waals surface area contributed by atoms with Gasteiger partial charge in [-0.3, -0.25) is 28.8 Å². The molecular formula is C28H48N6O14S2. The quantitative estimate of drug-likeness (QED) is 0.0311. The van der Waals surface area contributed by atoms with Gasteiger partial charge in [-0.1, -0.05) is 21.6 Å². The molecule has 0 saturated carbocycles. The van der Waals surface area contributed by atoms with Crippen LogP contribution in [0.15, 0.2) is 0 Å². The number of nitrogens with two attached hydrogens (primary N) is 2. The lowest BCUT2D eigenvalue weighted by Gasteiger charge is -2.25. The summed E-state index contributed by atoms with van der Waals surface area (Å²) in [6, 6.07) is -8.00. The molecule has 0 bridgehead atoms. The number of aliphatic carboxylic acids is 4. The Labute approximate surface area is 296 Å². The predicted octanol–water partition coefficient (Wildman–Crippen LogP) is -2.29. The molecular weight excluding hydrogens is 708 g/mol. The van der Waals surface area contributed by atoms with Crippen LogP contribution in [0.3, 0.4) is 0 Å². The van der Waals surface area contributed by atoms with E-state index in [1.165, 1.54) is 28.1 Å². The maximum Gasteiger partial charge on any atom is 0.328 e. The average molecular weight is 757 g/mol. The van der Waals surface area contributed by atoms with E-state index < -0.39 is 96.0 Å². The number of ether oxygens (including phenoxy) is 2. The van der Waals surface area contributed by atoms with Gasteiger partial charge in [-0.05, 0) is 39.5 Å². The fourth-order valence-corrected chi connectivity index (χ4v) is 6.21. The number of hydrogen-bond acceptors (Lipinski definition) is 14. The van der Waals surface area contributed by atoms with E-state index in [1.807, 2.05) is 0 Å². The first-order valence-corrected chi connectivity index (χ1v) is 17.8. The average Bonchev–Trinajstić information content (AvgIpc) is 3.05. The maximum atomic E-state index is 13.1. The van der Waals surface area contributed by atoms with Crippen molar-refractivity contribution in [1.29, 1.82) is 0 Å². The lowest BCUT2D eigenvalue weighted by atomic mass is 10.1. The lowest BCUT2D eigenvalue weighted by Crippen LogP contribution is -2.56. The van der Waals surface area contributed by atoms with Gasteiger partial charge in [0.15, 0.2) is 12.1 Å². The standard InChI is InChI=1S/C28H48N6O14S2/c1-13(47-3)21(27(43)44)33-23(37)17(31-19(35)9-5-7-15(29)25(39)40)11-49-50-12-18(24(38)34-22(28(45)46)14(2)48-4)32-20(36)10-6-8-16(30)26(41)42/h13-18,21-22H,5-12,29-30H2,1-4H3,(H,31,35)(H,32,36)(H,33,37)(H,34,38)(H,39,40)(H,41,42)(H,43,44)(H,45,46)/t13-,14-,15-,16-,17-,18-,21+,22+/m0/s1. The number of rotatable bonds is 27. The second kappa shape index (κ2) is 24.4. The first-order chi connectivity index (χ1) is 23.4. The van der Waals surface area contributed by atoms with E-state index in [0.717, 1.165) is 21.6 Å². The summed E-state index contributed by atoms with van der Waals surface area (Å²) in [5, 5.41) is 46.5. The van der Waals surface area contributed by atoms with Gasteiger partial charge < -0.3 is 62.6 Å². The van der Waals surface area contributed by atoms with Gasteiger partial charge in [0, 0.05) is 38.6 Å². The molecule has 22 heteroatoms. The van der Waals surface area contributed by atoms with Crippen LogP contribution in [0, 0.1) is 0 Å². The molecule has 0 heterocycles. The fraction of sp³-hybridized carbons (Fsp3) is 0.714. The van der Waals surface area contributed by atoms with Crippen molar-refractivity contribution in [2.45, 2.75) is 101 Å². The number of methoxy groups -OCH3 is 2. The molecule has 0 aliphatic heterocycles. The van der Waals surface area contributed by atoms with Gasteiger partial charge in [-0.25, -0.2) is 9.59 Å². The second-order valence-corrected chi connectivity index (χ2v) is 13.6. The summed E-state index contributed by atoms with van der Waals surface area (Å²) in [6.45, 7) is 2.82. The molecule has 20 nitrogen and oxygen atoms in total. The Morgan fingerprint density at radius 2 is 0.900 bits per heavy atom. The Bertz CT molecular complexity index is 1090. The van der Waals surface area contributed by atoms with E-state index >= 15 is 0 Å². The van der Waals surface area contributed by atoms with Crippen LogP contribution in [-0.2, 0) is 47.8 Å². The molecule has 0 unspecified atom stereocenters. The smallest absolute Gasteiger partial charge is 0.328 e. The molecule has 0 aromatic carbocycles. The van der Waals surface area contributed by atoms with E-state index in [2.05, 4.69) is 21.3 Å². The minimum absolute atomic E-state index is 0.0237. The highest BCUT2D eigenvalue weighted by molar-refractivity contribution is 8.76. The molecule has 50 heavy (non-hydrogen) atoms. The van der Waals surface area contributed by atoms with Gasteiger partial charge in [0.25, 0.3) is 0 Å². The molecule has 0 rings (SSSR count). The van der Waals surface area contributed by atoms with Crippen LogP contribution in [-0.4, -0.2) is 142 Å². The van der Waals surface area contributed by atoms with Crippen molar-refractivity contribution in [1.82, 2.24) is 21.3 Å². The van der Waals surface area contributed by atoms with Crippen molar-refractivity contribution >= 4 is 69.1 Å². The van der Waals surface area contributed by atoms with Crippen molar-refractivity contribution in [3.63, 3.8) is 0 Å². The fourth-order valence-electron chi connectivity index (χ4n) is 3.88. The number of carboxylic acids is 4. The van der Waals surface area contributed by atoms with E-state index in [9.17, 15) is 48.6 Å². The number of nitrogens with one attached hydrogen (secondary N) is 4. The van der Waals surface area contributed by atoms with Crippen LogP contribution >= 0.6 is 21.6 Å². The third-order valence-electron chi connectivity index (χ3n) is 7.14. The van der Waals surface area contributed by atoms with Crippen LogP contribution in [0.4, 0.5) is 0 Å². The summed E-state index contributed by atoms with van der Waals surface area (Å²) in [5.41, 5.74) is 10.9. The third-order valence-corrected chi connectivity index (χ3v) is 9.56. The SMILES string of the molecule is CO[C@@H](C)[C@@H](NC(=O)[C@H](CSSC[C@H](NC(=O)CCC[C@H](N)C(=O)O)C(=O)N[C@@H](C(=O)O)[C@H](C)OC)NC(=O)CCC[C@H](N)C(=O)O)C(=O)O. The Kier molecular flexibility index (Phi) is 22.6. The summed E-state index contributed by atoms with van der Waals surface area (Å²) in [5.74, 6) is -8.75. The first kappa shape index (κ1) is 46.3. The third kappa shape index (κ3) is 18.3. The van der Waals surface area contributed by atoms with Gasteiger partial charge in [-0.2, -0.15) is 0 Å². The van der Waals surface area contributed by atoms with Gasteiger partial charge in [0.1, 0.15) is 24.2 Å². The Balaban J connectivity index is 5.80. The summed E-state index contributed by atoms with van der Waals surface area (Å²) < 4.78 is 10.0. The van der Waals surface area contributed by atoms with Crippen molar-refractivity contribution in [3.05, 3.63) is 0 Å². The van der Waals surface area contributed by atoms with E-state index in [-0.39, 0.29) is 50.0 Å². The topological polar surface area (TPSA) is 336 Å². The number of carboxylic acid groups (broad SMARTS) is 4. The van der Waals surface area contributed by atoms with E-state index in [4.69, 9.17) is 31.2 Å². The van der Waals surface area contributed by atoms with Crippen molar-refractivity contribution in [3.8, 4) is 0 Å². The van der Waals surface area contributed by atoms with Crippen LogP contribution in [0.1, 0.15) is 52.4 Å². The molecule has 286 valence electrons. The molecule has 8 atom stereocenters. The predicted molar refractivity (Wildman–Crippen MR) is 180 cm³/mol. The maximum absolute atomic E-state index is 13.1. The van der Waals surface area contributed by atoms with Crippen molar-refractivity contribution < 1.29 is 68.3 Å². The summed E-state index contributed by atoms with van der Waals surface area (Å²) in [6.07, 6.45) is -2.20. The molecule has 0 radical (unpaired) electrons. The summed E-state index contributed by atoms with van der Waals surface area (Å²) >= 11 is 0. The second-order valence-electron chi connectivity index (χ2n) is 11.0. The molecule has 0 spiro atoms. The highest BCUT2D eigenvalue weighted by Gasteiger charge is 2.32. The van der Waals surface area contributed by atoms with Gasteiger partial charge in [0.2, 0.25) is 23.6 Å².